The highest BCUT2D eigenvalue weighted by Gasteiger charge is 2.19. The quantitative estimate of drug-likeness (QED) is 0.410. The van der Waals surface area contributed by atoms with Crippen LogP contribution in [0, 0.1) is 11.3 Å². The van der Waals surface area contributed by atoms with Gasteiger partial charge in [-0.2, -0.15) is 5.26 Å². The molecule has 0 unspecified atom stereocenters. The molecule has 2 N–H and O–H groups in total. The number of phenols is 1. The van der Waals surface area contributed by atoms with Crippen LogP contribution in [0.25, 0.3) is 33.6 Å². The Hall–Kier alpha value is -4.35. The number of anilines is 1. The second kappa shape index (κ2) is 9.72. The molecule has 0 atom stereocenters. The number of nitrogens with one attached hydrogen (secondary N) is 1. The Balaban J connectivity index is 1.49. The van der Waals surface area contributed by atoms with E-state index in [9.17, 15) is 15.2 Å². The van der Waals surface area contributed by atoms with Gasteiger partial charge in [0.1, 0.15) is 23.1 Å². The summed E-state index contributed by atoms with van der Waals surface area (Å²) in [5, 5.41) is 23.9. The standard InChI is InChI=1S/C28H26N4O4/c1-32(2)28(34)18-3-5-22(25(33)14-18)26-15-24-27(36-26)21(7-10-30-24)17-4-6-23(19(13-17)16-29)31-20-8-11-35-12-9-20/h3-7,10,13-15,20,31,33H,8-9,11-12H2,1-2H3. The molecule has 1 aliphatic rings. The van der Waals surface area contributed by atoms with Crippen LogP contribution in [-0.4, -0.2) is 54.2 Å². The van der Waals surface area contributed by atoms with Gasteiger partial charge in [0, 0.05) is 56.7 Å². The summed E-state index contributed by atoms with van der Waals surface area (Å²) in [5.74, 6) is 0.177. The van der Waals surface area contributed by atoms with Crippen LogP contribution >= 0.6 is 0 Å². The van der Waals surface area contributed by atoms with Crippen LogP contribution in [-0.2, 0) is 4.74 Å². The van der Waals surface area contributed by atoms with Crippen molar-refractivity contribution in [1.82, 2.24) is 9.88 Å². The molecule has 36 heavy (non-hydrogen) atoms. The van der Waals surface area contributed by atoms with E-state index in [1.54, 1.807) is 38.5 Å². The molecule has 3 heterocycles. The Morgan fingerprint density at radius 3 is 2.64 bits per heavy atom. The van der Waals surface area contributed by atoms with Crippen molar-refractivity contribution in [3.63, 3.8) is 0 Å². The number of aromatic hydroxyl groups is 1. The van der Waals surface area contributed by atoms with Gasteiger partial charge in [-0.3, -0.25) is 9.78 Å². The molecule has 5 rings (SSSR count). The molecule has 0 aliphatic carbocycles. The van der Waals surface area contributed by atoms with E-state index < -0.39 is 0 Å². The van der Waals surface area contributed by atoms with Gasteiger partial charge in [0.15, 0.2) is 5.58 Å². The van der Waals surface area contributed by atoms with Crippen LogP contribution in [0.15, 0.2) is 59.1 Å². The van der Waals surface area contributed by atoms with Crippen molar-refractivity contribution in [1.29, 1.82) is 5.26 Å². The summed E-state index contributed by atoms with van der Waals surface area (Å²) >= 11 is 0. The Morgan fingerprint density at radius 2 is 1.92 bits per heavy atom. The summed E-state index contributed by atoms with van der Waals surface area (Å²) in [5.41, 5.74) is 4.99. The average Bonchev–Trinajstić information content (AvgIpc) is 3.33. The number of fused-ring (bicyclic) bond motifs is 1. The maximum atomic E-state index is 12.2. The highest BCUT2D eigenvalue weighted by atomic mass is 16.5. The third kappa shape index (κ3) is 4.49. The van der Waals surface area contributed by atoms with E-state index in [1.165, 1.54) is 11.0 Å². The number of phenolic OH excluding ortho intramolecular Hbond substituents is 1. The fraction of sp³-hybridized carbons (Fsp3) is 0.250. The lowest BCUT2D eigenvalue weighted by atomic mass is 10.0. The van der Waals surface area contributed by atoms with Crippen molar-refractivity contribution in [2.45, 2.75) is 18.9 Å². The fourth-order valence-electron chi connectivity index (χ4n) is 4.42. The van der Waals surface area contributed by atoms with E-state index >= 15 is 0 Å². The van der Waals surface area contributed by atoms with E-state index in [1.807, 2.05) is 24.3 Å². The highest BCUT2D eigenvalue weighted by molar-refractivity contribution is 5.96. The maximum absolute atomic E-state index is 12.2. The van der Waals surface area contributed by atoms with E-state index in [-0.39, 0.29) is 17.7 Å². The van der Waals surface area contributed by atoms with E-state index in [2.05, 4.69) is 16.4 Å². The van der Waals surface area contributed by atoms with Crippen molar-refractivity contribution in [2.24, 2.45) is 0 Å². The lowest BCUT2D eigenvalue weighted by Gasteiger charge is -2.24. The Bertz CT molecular complexity index is 1480. The molecule has 0 bridgehead atoms. The Kier molecular flexibility index (Phi) is 6.32. The number of pyridine rings is 1. The van der Waals surface area contributed by atoms with E-state index in [0.717, 1.165) is 42.9 Å². The molecule has 2 aromatic heterocycles. The lowest BCUT2D eigenvalue weighted by Crippen LogP contribution is -2.28. The number of benzene rings is 2. The summed E-state index contributed by atoms with van der Waals surface area (Å²) < 4.78 is 11.6. The third-order valence-corrected chi connectivity index (χ3v) is 6.36. The zero-order valence-corrected chi connectivity index (χ0v) is 20.1. The molecule has 8 heteroatoms. The number of carbonyl (C=O) groups is 1. The second-order valence-corrected chi connectivity index (χ2v) is 9.02. The van der Waals surface area contributed by atoms with Crippen LogP contribution in [0.3, 0.4) is 0 Å². The van der Waals surface area contributed by atoms with Gasteiger partial charge in [-0.1, -0.05) is 6.07 Å². The summed E-state index contributed by atoms with van der Waals surface area (Å²) in [6.45, 7) is 1.44. The smallest absolute Gasteiger partial charge is 0.253 e. The number of aromatic nitrogens is 1. The molecule has 182 valence electrons. The van der Waals surface area contributed by atoms with Crippen molar-refractivity contribution >= 4 is 22.7 Å². The van der Waals surface area contributed by atoms with Crippen LogP contribution in [0.5, 0.6) is 5.75 Å². The second-order valence-electron chi connectivity index (χ2n) is 9.02. The number of hydrogen-bond acceptors (Lipinski definition) is 7. The van der Waals surface area contributed by atoms with E-state index in [0.29, 0.717) is 33.6 Å². The van der Waals surface area contributed by atoms with Gasteiger partial charge in [0.2, 0.25) is 0 Å². The SMILES string of the molecule is CN(C)C(=O)c1ccc(-c2cc3nccc(-c4ccc(NC5CCOCC5)c(C#N)c4)c3o2)c(O)c1. The molecular formula is C28H26N4O4. The van der Waals surface area contributed by atoms with Crippen molar-refractivity contribution < 1.29 is 19.1 Å². The molecule has 0 radical (unpaired) electrons. The third-order valence-electron chi connectivity index (χ3n) is 6.36. The first kappa shape index (κ1) is 23.4. The highest BCUT2D eigenvalue weighted by Crippen LogP contribution is 2.38. The first-order chi connectivity index (χ1) is 17.4. The van der Waals surface area contributed by atoms with Crippen molar-refractivity contribution in [2.75, 3.05) is 32.6 Å². The molecule has 0 saturated carbocycles. The number of amides is 1. The minimum atomic E-state index is -0.200. The summed E-state index contributed by atoms with van der Waals surface area (Å²) in [4.78, 5) is 18.1. The first-order valence-corrected chi connectivity index (χ1v) is 11.8. The van der Waals surface area contributed by atoms with Gasteiger partial charge in [-0.05, 0) is 54.8 Å². The van der Waals surface area contributed by atoms with Gasteiger partial charge in [0.25, 0.3) is 5.91 Å². The van der Waals surface area contributed by atoms with Gasteiger partial charge in [-0.15, -0.1) is 0 Å². The molecule has 1 saturated heterocycles. The first-order valence-electron chi connectivity index (χ1n) is 11.8. The summed E-state index contributed by atoms with van der Waals surface area (Å²) in [6.07, 6.45) is 3.50. The largest absolute Gasteiger partial charge is 0.507 e. The van der Waals surface area contributed by atoms with E-state index in [4.69, 9.17) is 9.15 Å². The zero-order valence-electron chi connectivity index (χ0n) is 20.1. The Labute approximate surface area is 208 Å². The van der Waals surface area contributed by atoms with Crippen LogP contribution in [0.1, 0.15) is 28.8 Å². The predicted octanol–water partition coefficient (Wildman–Crippen LogP) is 5.03. The number of rotatable bonds is 5. The zero-order chi connectivity index (χ0) is 25.2. The van der Waals surface area contributed by atoms with Crippen LogP contribution < -0.4 is 5.32 Å². The molecule has 1 fully saturated rings. The number of hydrogen-bond donors (Lipinski definition) is 2. The minimum Gasteiger partial charge on any atom is -0.507 e. The van der Waals surface area contributed by atoms with Gasteiger partial charge in [-0.25, -0.2) is 0 Å². The van der Waals surface area contributed by atoms with Gasteiger partial charge >= 0.3 is 0 Å². The monoisotopic (exact) mass is 482 g/mol. The molecule has 1 amide bonds. The topological polar surface area (TPSA) is 112 Å². The number of nitrogens with zero attached hydrogens (tertiary/aromatic N) is 3. The van der Waals surface area contributed by atoms with Gasteiger partial charge < -0.3 is 24.5 Å². The minimum absolute atomic E-state index is 0.0568. The molecule has 0 spiro atoms. The molecule has 8 nitrogen and oxygen atoms in total. The van der Waals surface area contributed by atoms with Crippen molar-refractivity contribution in [3.05, 3.63) is 65.9 Å². The fourth-order valence-corrected chi connectivity index (χ4v) is 4.42. The molecule has 2 aromatic carbocycles. The van der Waals surface area contributed by atoms with Gasteiger partial charge in [0.05, 0.1) is 16.8 Å². The maximum Gasteiger partial charge on any atom is 0.253 e. The Morgan fingerprint density at radius 1 is 1.11 bits per heavy atom. The predicted molar refractivity (Wildman–Crippen MR) is 137 cm³/mol. The average molecular weight is 483 g/mol. The van der Waals surface area contributed by atoms with Crippen LogP contribution in [0.4, 0.5) is 5.69 Å². The molecule has 4 aromatic rings. The number of ether oxygens (including phenoxy) is 1. The molecular weight excluding hydrogens is 456 g/mol. The summed E-state index contributed by atoms with van der Waals surface area (Å²) in [7, 11) is 3.32. The number of nitriles is 1. The number of furan rings is 1. The van der Waals surface area contributed by atoms with Crippen molar-refractivity contribution in [3.8, 4) is 34.3 Å². The normalized spacial score (nSPS) is 13.9. The summed E-state index contributed by atoms with van der Waals surface area (Å²) in [6, 6.07) is 16.7. The number of carbonyl (C=O) groups excluding carboxylic acids is 1. The lowest BCUT2D eigenvalue weighted by molar-refractivity contribution is 0.0827. The van der Waals surface area contributed by atoms with Crippen LogP contribution in [0.2, 0.25) is 0 Å². The molecule has 1 aliphatic heterocycles.